The fraction of sp³-hybridized carbons (Fsp3) is 0.417. The lowest BCUT2D eigenvalue weighted by Gasteiger charge is -2.02. The van der Waals surface area contributed by atoms with Crippen LogP contribution in [-0.4, -0.2) is 19.7 Å². The third kappa shape index (κ3) is 2.82. The van der Waals surface area contributed by atoms with Gasteiger partial charge in [0.1, 0.15) is 11.0 Å². The topological polar surface area (TPSA) is 43.6 Å². The summed E-state index contributed by atoms with van der Waals surface area (Å²) >= 11 is 6.00. The molecule has 2 rings (SSSR count). The summed E-state index contributed by atoms with van der Waals surface area (Å²) in [6.07, 6.45) is 5.62. The molecule has 0 unspecified atom stereocenters. The molecule has 0 aliphatic rings. The monoisotopic (exact) mass is 250 g/mol. The van der Waals surface area contributed by atoms with E-state index in [1.54, 1.807) is 12.3 Å². The van der Waals surface area contributed by atoms with Crippen molar-refractivity contribution in [3.8, 4) is 11.3 Å². The molecule has 0 saturated heterocycles. The largest absolute Gasteiger partial charge is 0.272 e. The Morgan fingerprint density at radius 1 is 1.29 bits per heavy atom. The third-order valence-corrected chi connectivity index (χ3v) is 2.66. The maximum absolute atomic E-state index is 6.00. The lowest BCUT2D eigenvalue weighted by Crippen LogP contribution is -1.96. The van der Waals surface area contributed by atoms with E-state index in [-0.39, 0.29) is 0 Å². The molecule has 17 heavy (non-hydrogen) atoms. The van der Waals surface area contributed by atoms with Crippen LogP contribution in [-0.2, 0) is 13.0 Å². The molecule has 0 aromatic carbocycles. The van der Waals surface area contributed by atoms with Crippen molar-refractivity contribution in [2.45, 2.75) is 33.2 Å². The molecule has 2 heterocycles. The Morgan fingerprint density at radius 2 is 2.12 bits per heavy atom. The fourth-order valence-electron chi connectivity index (χ4n) is 1.62. The minimum Gasteiger partial charge on any atom is -0.272 e. The molecule has 0 radical (unpaired) electrons. The molecule has 0 aliphatic carbocycles. The predicted molar refractivity (Wildman–Crippen MR) is 67.9 cm³/mol. The van der Waals surface area contributed by atoms with Crippen molar-refractivity contribution in [3.05, 3.63) is 29.4 Å². The van der Waals surface area contributed by atoms with Crippen LogP contribution in [0.5, 0.6) is 0 Å². The van der Waals surface area contributed by atoms with E-state index in [2.05, 4.69) is 22.0 Å². The molecule has 0 fully saturated rings. The molecule has 90 valence electrons. The standard InChI is InChI=1S/C12H15ClN4/c1-3-5-12-15-10(6-11(13)16-12)9-7-14-17(4-2)8-9/h6-8H,3-5H2,1-2H3. The van der Waals surface area contributed by atoms with Crippen molar-refractivity contribution in [2.24, 2.45) is 0 Å². The Bertz CT molecular complexity index is 507. The number of rotatable bonds is 4. The summed E-state index contributed by atoms with van der Waals surface area (Å²) in [6, 6.07) is 1.78. The lowest BCUT2D eigenvalue weighted by atomic mass is 10.2. The molecule has 2 aromatic rings. The van der Waals surface area contributed by atoms with Gasteiger partial charge < -0.3 is 0 Å². The second-order valence-corrected chi connectivity index (χ2v) is 4.21. The number of nitrogens with zero attached hydrogens (tertiary/aromatic N) is 4. The van der Waals surface area contributed by atoms with Gasteiger partial charge in [-0.25, -0.2) is 9.97 Å². The fourth-order valence-corrected chi connectivity index (χ4v) is 1.82. The number of aromatic nitrogens is 4. The molecular formula is C12H15ClN4. The van der Waals surface area contributed by atoms with E-state index in [9.17, 15) is 0 Å². The average Bonchev–Trinajstić information content (AvgIpc) is 2.77. The number of hydrogen-bond acceptors (Lipinski definition) is 3. The Balaban J connectivity index is 2.37. The van der Waals surface area contributed by atoms with Gasteiger partial charge in [-0.15, -0.1) is 0 Å². The van der Waals surface area contributed by atoms with Crippen molar-refractivity contribution in [1.29, 1.82) is 0 Å². The molecule has 0 spiro atoms. The van der Waals surface area contributed by atoms with E-state index >= 15 is 0 Å². The molecular weight excluding hydrogens is 236 g/mol. The van der Waals surface area contributed by atoms with Gasteiger partial charge in [-0.1, -0.05) is 18.5 Å². The van der Waals surface area contributed by atoms with Gasteiger partial charge in [0.05, 0.1) is 11.9 Å². The molecule has 0 N–H and O–H groups in total. The van der Waals surface area contributed by atoms with E-state index < -0.39 is 0 Å². The maximum atomic E-state index is 6.00. The third-order valence-electron chi connectivity index (χ3n) is 2.47. The summed E-state index contributed by atoms with van der Waals surface area (Å²) in [6.45, 7) is 4.99. The van der Waals surface area contributed by atoms with Crippen LogP contribution in [0.4, 0.5) is 0 Å². The first-order valence-electron chi connectivity index (χ1n) is 5.79. The maximum Gasteiger partial charge on any atom is 0.133 e. The SMILES string of the molecule is CCCc1nc(Cl)cc(-c2cnn(CC)c2)n1. The van der Waals surface area contributed by atoms with Gasteiger partial charge in [-0.2, -0.15) is 5.10 Å². The van der Waals surface area contributed by atoms with Crippen LogP contribution < -0.4 is 0 Å². The smallest absolute Gasteiger partial charge is 0.133 e. The summed E-state index contributed by atoms with van der Waals surface area (Å²) in [5.74, 6) is 0.791. The van der Waals surface area contributed by atoms with Gasteiger partial charge in [-0.3, -0.25) is 4.68 Å². The van der Waals surface area contributed by atoms with Gasteiger partial charge in [0.15, 0.2) is 0 Å². The summed E-state index contributed by atoms with van der Waals surface area (Å²) in [5, 5.41) is 4.72. The first-order valence-corrected chi connectivity index (χ1v) is 6.17. The van der Waals surface area contributed by atoms with Crippen molar-refractivity contribution in [3.63, 3.8) is 0 Å². The molecule has 0 aliphatic heterocycles. The highest BCUT2D eigenvalue weighted by Crippen LogP contribution is 2.19. The van der Waals surface area contributed by atoms with E-state index in [0.717, 1.165) is 36.5 Å². The van der Waals surface area contributed by atoms with Crippen LogP contribution in [0.2, 0.25) is 5.15 Å². The number of aryl methyl sites for hydroxylation is 2. The summed E-state index contributed by atoms with van der Waals surface area (Å²) < 4.78 is 1.87. The quantitative estimate of drug-likeness (QED) is 0.784. The van der Waals surface area contributed by atoms with Crippen LogP contribution >= 0.6 is 11.6 Å². The van der Waals surface area contributed by atoms with Crippen LogP contribution in [0.3, 0.4) is 0 Å². The van der Waals surface area contributed by atoms with Gasteiger partial charge >= 0.3 is 0 Å². The zero-order chi connectivity index (χ0) is 12.3. The molecule has 4 nitrogen and oxygen atoms in total. The van der Waals surface area contributed by atoms with E-state index in [1.165, 1.54) is 0 Å². The second kappa shape index (κ2) is 5.27. The normalized spacial score (nSPS) is 10.8. The molecule has 0 amide bonds. The number of halogens is 1. The van der Waals surface area contributed by atoms with Gasteiger partial charge in [0.25, 0.3) is 0 Å². The second-order valence-electron chi connectivity index (χ2n) is 3.83. The van der Waals surface area contributed by atoms with Crippen LogP contribution in [0.15, 0.2) is 18.5 Å². The first kappa shape index (κ1) is 12.0. The minimum atomic E-state index is 0.489. The van der Waals surface area contributed by atoms with Gasteiger partial charge in [0, 0.05) is 30.8 Å². The zero-order valence-electron chi connectivity index (χ0n) is 10.0. The van der Waals surface area contributed by atoms with E-state index in [1.807, 2.05) is 17.8 Å². The Kier molecular flexibility index (Phi) is 3.74. The van der Waals surface area contributed by atoms with Crippen LogP contribution in [0, 0.1) is 0 Å². The number of hydrogen-bond donors (Lipinski definition) is 0. The average molecular weight is 251 g/mol. The molecule has 5 heteroatoms. The minimum absolute atomic E-state index is 0.489. The Labute approximate surface area is 106 Å². The molecule has 0 bridgehead atoms. The van der Waals surface area contributed by atoms with Crippen LogP contribution in [0.25, 0.3) is 11.3 Å². The highest BCUT2D eigenvalue weighted by atomic mass is 35.5. The van der Waals surface area contributed by atoms with Crippen molar-refractivity contribution < 1.29 is 0 Å². The Morgan fingerprint density at radius 3 is 2.76 bits per heavy atom. The van der Waals surface area contributed by atoms with Gasteiger partial charge in [0.2, 0.25) is 0 Å². The van der Waals surface area contributed by atoms with Crippen molar-refractivity contribution in [2.75, 3.05) is 0 Å². The van der Waals surface area contributed by atoms with E-state index in [0.29, 0.717) is 5.15 Å². The van der Waals surface area contributed by atoms with E-state index in [4.69, 9.17) is 11.6 Å². The molecule has 2 aromatic heterocycles. The van der Waals surface area contributed by atoms with Crippen molar-refractivity contribution in [1.82, 2.24) is 19.7 Å². The summed E-state index contributed by atoms with van der Waals surface area (Å²) in [4.78, 5) is 8.70. The lowest BCUT2D eigenvalue weighted by molar-refractivity contribution is 0.660. The summed E-state index contributed by atoms with van der Waals surface area (Å²) in [7, 11) is 0. The zero-order valence-corrected chi connectivity index (χ0v) is 10.8. The molecule has 0 saturated carbocycles. The predicted octanol–water partition coefficient (Wildman–Crippen LogP) is 2.97. The first-order chi connectivity index (χ1) is 8.22. The van der Waals surface area contributed by atoms with Gasteiger partial charge in [-0.05, 0) is 13.3 Å². The van der Waals surface area contributed by atoms with Crippen LogP contribution in [0.1, 0.15) is 26.1 Å². The Hall–Kier alpha value is -1.42. The van der Waals surface area contributed by atoms with Crippen molar-refractivity contribution >= 4 is 11.6 Å². The highest BCUT2D eigenvalue weighted by Gasteiger charge is 2.07. The molecule has 0 atom stereocenters. The highest BCUT2D eigenvalue weighted by molar-refractivity contribution is 6.29. The summed E-state index contributed by atoms with van der Waals surface area (Å²) in [5.41, 5.74) is 1.82.